The second-order valence-corrected chi connectivity index (χ2v) is 2.21. The van der Waals surface area contributed by atoms with E-state index in [1.807, 2.05) is 0 Å². The van der Waals surface area contributed by atoms with Crippen molar-refractivity contribution in [3.63, 3.8) is 0 Å². The van der Waals surface area contributed by atoms with Crippen molar-refractivity contribution in [3.05, 3.63) is 33.9 Å². The molecule has 0 aromatic heterocycles. The summed E-state index contributed by atoms with van der Waals surface area (Å²) in [5.74, 6) is -2.45. The third kappa shape index (κ3) is 1.56. The molecular formula is C7H4NO5-. The fraction of sp³-hybridized carbons (Fsp3) is 0. The average Bonchev–Trinajstić information content (AvgIpc) is 2.02. The zero-order valence-electron chi connectivity index (χ0n) is 6.26. The van der Waals surface area contributed by atoms with E-state index in [-0.39, 0.29) is 0 Å². The van der Waals surface area contributed by atoms with Crippen LogP contribution in [0, 0.1) is 10.1 Å². The van der Waals surface area contributed by atoms with Gasteiger partial charge in [0, 0.05) is 6.07 Å². The summed E-state index contributed by atoms with van der Waals surface area (Å²) < 4.78 is 0. The maximum Gasteiger partial charge on any atom is 0.342 e. The number of nitrogens with zero attached hydrogens (tertiary/aromatic N) is 1. The maximum atomic E-state index is 10.9. The lowest BCUT2D eigenvalue weighted by molar-refractivity contribution is -0.386. The largest absolute Gasteiger partial charge is 0.872 e. The molecule has 0 aliphatic carbocycles. The first-order valence-electron chi connectivity index (χ1n) is 3.21. The minimum absolute atomic E-state index is 0.681. The van der Waals surface area contributed by atoms with Gasteiger partial charge in [0.15, 0.2) is 0 Å². The van der Waals surface area contributed by atoms with Crippen molar-refractivity contribution in [2.45, 2.75) is 0 Å². The van der Waals surface area contributed by atoms with Crippen LogP contribution in [0.25, 0.3) is 0 Å². The van der Waals surface area contributed by atoms with Gasteiger partial charge in [-0.15, -0.1) is 0 Å². The van der Waals surface area contributed by atoms with E-state index >= 15 is 0 Å². The van der Waals surface area contributed by atoms with Crippen molar-refractivity contribution < 1.29 is 19.9 Å². The van der Waals surface area contributed by atoms with Crippen LogP contribution in [-0.4, -0.2) is 16.0 Å². The van der Waals surface area contributed by atoms with Gasteiger partial charge in [0.05, 0.1) is 4.92 Å². The van der Waals surface area contributed by atoms with Gasteiger partial charge < -0.3 is 10.2 Å². The van der Waals surface area contributed by atoms with Gasteiger partial charge in [0.25, 0.3) is 5.69 Å². The molecule has 0 saturated carbocycles. The molecule has 68 valence electrons. The Hall–Kier alpha value is -2.11. The Morgan fingerprint density at radius 2 is 2.08 bits per heavy atom. The van der Waals surface area contributed by atoms with Crippen LogP contribution in [0.3, 0.4) is 0 Å². The third-order valence-corrected chi connectivity index (χ3v) is 1.41. The number of carboxylic acid groups (broad SMARTS) is 1. The summed E-state index contributed by atoms with van der Waals surface area (Å²) >= 11 is 0. The average molecular weight is 182 g/mol. The topological polar surface area (TPSA) is 104 Å². The van der Waals surface area contributed by atoms with Crippen LogP contribution in [0.4, 0.5) is 5.69 Å². The summed E-state index contributed by atoms with van der Waals surface area (Å²) in [5, 5.41) is 29.7. The van der Waals surface area contributed by atoms with E-state index in [0.29, 0.717) is 0 Å². The number of aromatic carboxylic acids is 1. The van der Waals surface area contributed by atoms with E-state index in [0.717, 1.165) is 18.2 Å². The molecule has 13 heavy (non-hydrogen) atoms. The van der Waals surface area contributed by atoms with Crippen LogP contribution < -0.4 is 5.11 Å². The lowest BCUT2D eigenvalue weighted by atomic mass is 10.1. The highest BCUT2D eigenvalue weighted by Crippen LogP contribution is 2.24. The predicted octanol–water partition coefficient (Wildman–Crippen LogP) is 0.367. The van der Waals surface area contributed by atoms with E-state index in [9.17, 15) is 20.0 Å². The SMILES string of the molecule is O=C(O)c1c([O-])cccc1[N+](=O)[O-]. The van der Waals surface area contributed by atoms with Crippen LogP contribution in [0.15, 0.2) is 18.2 Å². The van der Waals surface area contributed by atoms with Crippen LogP contribution in [0.2, 0.25) is 0 Å². The quantitative estimate of drug-likeness (QED) is 0.525. The van der Waals surface area contributed by atoms with Gasteiger partial charge in [-0.25, -0.2) is 4.79 Å². The van der Waals surface area contributed by atoms with Crippen LogP contribution in [0.5, 0.6) is 5.75 Å². The molecule has 0 aliphatic rings. The Morgan fingerprint density at radius 3 is 2.46 bits per heavy atom. The van der Waals surface area contributed by atoms with Gasteiger partial charge in [-0.1, -0.05) is 17.9 Å². The summed E-state index contributed by atoms with van der Waals surface area (Å²) in [5.41, 5.74) is -1.48. The van der Waals surface area contributed by atoms with Crippen LogP contribution in [0.1, 0.15) is 10.4 Å². The van der Waals surface area contributed by atoms with E-state index in [1.165, 1.54) is 0 Å². The molecule has 0 spiro atoms. The van der Waals surface area contributed by atoms with Crippen LogP contribution >= 0.6 is 0 Å². The second-order valence-electron chi connectivity index (χ2n) is 2.21. The fourth-order valence-corrected chi connectivity index (χ4v) is 0.887. The highest BCUT2D eigenvalue weighted by atomic mass is 16.6. The molecule has 0 heterocycles. The molecule has 1 aromatic rings. The summed E-state index contributed by atoms with van der Waals surface area (Å²) in [6.07, 6.45) is 0. The lowest BCUT2D eigenvalue weighted by Gasteiger charge is -2.08. The Kier molecular flexibility index (Phi) is 2.14. The highest BCUT2D eigenvalue weighted by Gasteiger charge is 2.18. The second kappa shape index (κ2) is 3.10. The molecule has 0 saturated heterocycles. The van der Waals surface area contributed by atoms with E-state index in [2.05, 4.69) is 0 Å². The van der Waals surface area contributed by atoms with Crippen molar-refractivity contribution in [2.24, 2.45) is 0 Å². The van der Waals surface area contributed by atoms with Gasteiger partial charge in [-0.2, -0.15) is 0 Å². The molecule has 0 radical (unpaired) electrons. The molecule has 6 nitrogen and oxygen atoms in total. The molecule has 0 bridgehead atoms. The third-order valence-electron chi connectivity index (χ3n) is 1.41. The zero-order valence-corrected chi connectivity index (χ0v) is 6.26. The van der Waals surface area contributed by atoms with Crippen molar-refractivity contribution in [3.8, 4) is 5.75 Å². The lowest BCUT2D eigenvalue weighted by Crippen LogP contribution is -2.07. The Labute approximate surface area is 72.2 Å². The van der Waals surface area contributed by atoms with E-state index in [4.69, 9.17) is 5.11 Å². The van der Waals surface area contributed by atoms with Crippen molar-refractivity contribution >= 4 is 11.7 Å². The normalized spacial score (nSPS) is 9.54. The number of nitro groups is 1. The number of hydrogen-bond donors (Lipinski definition) is 1. The number of carbonyl (C=O) groups is 1. The molecule has 1 rings (SSSR count). The first-order valence-corrected chi connectivity index (χ1v) is 3.21. The van der Waals surface area contributed by atoms with Gasteiger partial charge in [-0.05, 0) is 0 Å². The maximum absolute atomic E-state index is 10.9. The minimum atomic E-state index is -1.59. The Bertz CT molecular complexity index is 373. The van der Waals surface area contributed by atoms with Gasteiger partial charge in [0.2, 0.25) is 0 Å². The molecule has 6 heteroatoms. The van der Waals surface area contributed by atoms with Crippen molar-refractivity contribution in [1.82, 2.24) is 0 Å². The summed E-state index contributed by atoms with van der Waals surface area (Å²) in [6, 6.07) is 3.09. The smallest absolute Gasteiger partial charge is 0.342 e. The summed E-state index contributed by atoms with van der Waals surface area (Å²) in [6.45, 7) is 0. The Balaban J connectivity index is 3.43. The van der Waals surface area contributed by atoms with Gasteiger partial charge in [-0.3, -0.25) is 10.1 Å². The van der Waals surface area contributed by atoms with Crippen LogP contribution in [-0.2, 0) is 0 Å². The number of benzene rings is 1. The molecule has 0 unspecified atom stereocenters. The molecule has 0 amide bonds. The van der Waals surface area contributed by atoms with Crippen molar-refractivity contribution in [1.29, 1.82) is 0 Å². The molecule has 0 aliphatic heterocycles. The number of carboxylic acids is 1. The summed E-state index contributed by atoms with van der Waals surface area (Å²) in [4.78, 5) is 19.8. The molecule has 1 N–H and O–H groups in total. The Morgan fingerprint density at radius 1 is 1.46 bits per heavy atom. The molecule has 1 aromatic carbocycles. The van der Waals surface area contributed by atoms with Crippen molar-refractivity contribution in [2.75, 3.05) is 0 Å². The predicted molar refractivity (Wildman–Crippen MR) is 39.5 cm³/mol. The number of nitro benzene ring substituents is 1. The molecule has 0 fully saturated rings. The van der Waals surface area contributed by atoms with Gasteiger partial charge in [0.1, 0.15) is 5.56 Å². The van der Waals surface area contributed by atoms with Gasteiger partial charge >= 0.3 is 5.97 Å². The molecule has 0 atom stereocenters. The number of rotatable bonds is 2. The van der Waals surface area contributed by atoms with E-state index < -0.39 is 27.9 Å². The fourth-order valence-electron chi connectivity index (χ4n) is 0.887. The highest BCUT2D eigenvalue weighted by molar-refractivity contribution is 5.95. The molecular weight excluding hydrogens is 178 g/mol. The zero-order chi connectivity index (χ0) is 10.0. The standard InChI is InChI=1S/C7H5NO5/c9-5-3-1-2-4(8(12)13)6(5)7(10)11/h1-3,9H,(H,10,11)/p-1. The number of hydrogen-bond acceptors (Lipinski definition) is 4. The summed E-state index contributed by atoms with van der Waals surface area (Å²) in [7, 11) is 0. The first kappa shape index (κ1) is 8.98. The van der Waals surface area contributed by atoms with E-state index in [1.54, 1.807) is 0 Å². The minimum Gasteiger partial charge on any atom is -0.872 e. The first-order chi connectivity index (χ1) is 6.04. The monoisotopic (exact) mass is 182 g/mol.